The normalized spacial score (nSPS) is 16.7. The fourth-order valence-corrected chi connectivity index (χ4v) is 3.19. The highest BCUT2D eigenvalue weighted by atomic mass is 16.5. The number of nitrogens with one attached hydrogen (secondary N) is 1. The third kappa shape index (κ3) is 7.93. The van der Waals surface area contributed by atoms with Gasteiger partial charge in [0.25, 0.3) is 0 Å². The van der Waals surface area contributed by atoms with Crippen molar-refractivity contribution < 1.29 is 9.53 Å². The van der Waals surface area contributed by atoms with E-state index in [0.717, 1.165) is 26.0 Å². The Bertz CT molecular complexity index is 458. The first-order valence-corrected chi connectivity index (χ1v) is 9.37. The molecule has 1 unspecified atom stereocenters. The Hall–Kier alpha value is -1.39. The summed E-state index contributed by atoms with van der Waals surface area (Å²) in [6.45, 7) is 6.80. The first-order chi connectivity index (χ1) is 11.7. The quantitative estimate of drug-likeness (QED) is 0.670. The van der Waals surface area contributed by atoms with Gasteiger partial charge in [-0.2, -0.15) is 0 Å². The van der Waals surface area contributed by atoms with Crippen molar-refractivity contribution >= 4 is 5.91 Å². The van der Waals surface area contributed by atoms with E-state index in [0.29, 0.717) is 13.0 Å². The van der Waals surface area contributed by atoms with Crippen LogP contribution in [-0.2, 0) is 16.0 Å². The molecule has 1 amide bonds. The Morgan fingerprint density at radius 3 is 2.67 bits per heavy atom. The molecule has 4 nitrogen and oxygen atoms in total. The average molecular weight is 332 g/mol. The van der Waals surface area contributed by atoms with Crippen molar-refractivity contribution in [2.45, 2.75) is 51.5 Å². The predicted octanol–water partition coefficient (Wildman–Crippen LogP) is 3.02. The van der Waals surface area contributed by atoms with Crippen LogP contribution < -0.4 is 5.32 Å². The molecule has 1 aliphatic rings. The molecule has 134 valence electrons. The molecule has 24 heavy (non-hydrogen) atoms. The molecule has 0 aromatic heterocycles. The maximum absolute atomic E-state index is 12.0. The molecule has 1 fully saturated rings. The number of benzene rings is 1. The van der Waals surface area contributed by atoms with E-state index in [1.165, 1.54) is 37.9 Å². The second-order valence-electron chi connectivity index (χ2n) is 6.78. The molecule has 0 saturated carbocycles. The zero-order valence-corrected chi connectivity index (χ0v) is 15.0. The van der Waals surface area contributed by atoms with Gasteiger partial charge in [-0.25, -0.2) is 0 Å². The van der Waals surface area contributed by atoms with Gasteiger partial charge in [0.2, 0.25) is 5.91 Å². The molecular weight excluding hydrogens is 300 g/mol. The highest BCUT2D eigenvalue weighted by molar-refractivity contribution is 5.76. The number of rotatable bonds is 10. The number of hydrogen-bond acceptors (Lipinski definition) is 3. The molecule has 1 N–H and O–H groups in total. The number of hydrogen-bond donors (Lipinski definition) is 1. The highest BCUT2D eigenvalue weighted by Crippen LogP contribution is 2.08. The number of piperidine rings is 1. The van der Waals surface area contributed by atoms with Crippen LogP contribution in [0.4, 0.5) is 0 Å². The second-order valence-corrected chi connectivity index (χ2v) is 6.78. The molecule has 0 aliphatic carbocycles. The minimum atomic E-state index is 0.145. The lowest BCUT2D eigenvalue weighted by Crippen LogP contribution is -2.43. The van der Waals surface area contributed by atoms with Crippen molar-refractivity contribution in [1.29, 1.82) is 0 Å². The molecule has 0 bridgehead atoms. The number of carbonyl (C=O) groups is 1. The summed E-state index contributed by atoms with van der Waals surface area (Å²) < 4.78 is 5.63. The van der Waals surface area contributed by atoms with E-state index in [4.69, 9.17) is 4.74 Å². The van der Waals surface area contributed by atoms with Crippen LogP contribution in [0.5, 0.6) is 0 Å². The van der Waals surface area contributed by atoms with Crippen LogP contribution in [0.25, 0.3) is 0 Å². The van der Waals surface area contributed by atoms with E-state index in [2.05, 4.69) is 29.3 Å². The van der Waals surface area contributed by atoms with Crippen LogP contribution in [-0.4, -0.2) is 49.7 Å². The van der Waals surface area contributed by atoms with Gasteiger partial charge in [-0.1, -0.05) is 36.8 Å². The monoisotopic (exact) mass is 332 g/mol. The fourth-order valence-electron chi connectivity index (χ4n) is 3.19. The summed E-state index contributed by atoms with van der Waals surface area (Å²) in [6, 6.07) is 10.6. The van der Waals surface area contributed by atoms with Crippen LogP contribution in [0.2, 0.25) is 0 Å². The maximum Gasteiger partial charge on any atom is 0.220 e. The van der Waals surface area contributed by atoms with Crippen LogP contribution in [0.1, 0.15) is 44.6 Å². The molecule has 2 rings (SSSR count). The smallest absolute Gasteiger partial charge is 0.220 e. The SMILES string of the molecule is CC(CN1CCCCC1)NC(=O)CCCOCCc1ccccc1. The van der Waals surface area contributed by atoms with Gasteiger partial charge in [0, 0.05) is 25.6 Å². The number of nitrogens with zero attached hydrogens (tertiary/aromatic N) is 1. The van der Waals surface area contributed by atoms with Crippen molar-refractivity contribution in [3.05, 3.63) is 35.9 Å². The summed E-state index contributed by atoms with van der Waals surface area (Å²) >= 11 is 0. The number of likely N-dealkylation sites (tertiary alicyclic amines) is 1. The number of carbonyl (C=O) groups excluding carboxylic acids is 1. The summed E-state index contributed by atoms with van der Waals surface area (Å²) in [5.74, 6) is 0.145. The van der Waals surface area contributed by atoms with E-state index in [1.54, 1.807) is 0 Å². The summed E-state index contributed by atoms with van der Waals surface area (Å²) in [6.07, 6.45) is 6.20. The molecule has 1 heterocycles. The molecular formula is C20H32N2O2. The van der Waals surface area contributed by atoms with Gasteiger partial charge in [-0.3, -0.25) is 4.79 Å². The summed E-state index contributed by atoms with van der Waals surface area (Å²) in [4.78, 5) is 14.4. The Morgan fingerprint density at radius 1 is 1.17 bits per heavy atom. The van der Waals surface area contributed by atoms with Crippen LogP contribution in [0.15, 0.2) is 30.3 Å². The van der Waals surface area contributed by atoms with Gasteiger partial charge in [0.15, 0.2) is 0 Å². The minimum Gasteiger partial charge on any atom is -0.381 e. The van der Waals surface area contributed by atoms with Gasteiger partial charge in [0.1, 0.15) is 0 Å². The van der Waals surface area contributed by atoms with Crippen LogP contribution in [0, 0.1) is 0 Å². The molecule has 1 saturated heterocycles. The highest BCUT2D eigenvalue weighted by Gasteiger charge is 2.14. The van der Waals surface area contributed by atoms with E-state index in [-0.39, 0.29) is 11.9 Å². The Labute approximate surface area is 146 Å². The van der Waals surface area contributed by atoms with Crippen LogP contribution in [0.3, 0.4) is 0 Å². The zero-order valence-electron chi connectivity index (χ0n) is 15.0. The summed E-state index contributed by atoms with van der Waals surface area (Å²) in [7, 11) is 0. The van der Waals surface area contributed by atoms with Gasteiger partial charge >= 0.3 is 0 Å². The first kappa shape index (κ1) is 18.9. The van der Waals surface area contributed by atoms with Crippen molar-refractivity contribution in [3.8, 4) is 0 Å². The van der Waals surface area contributed by atoms with Crippen LogP contribution >= 0.6 is 0 Å². The van der Waals surface area contributed by atoms with E-state index in [9.17, 15) is 4.79 Å². The Balaban J connectivity index is 1.47. The van der Waals surface area contributed by atoms with Gasteiger partial charge in [-0.05, 0) is 51.3 Å². The lowest BCUT2D eigenvalue weighted by atomic mass is 10.1. The fraction of sp³-hybridized carbons (Fsp3) is 0.650. The predicted molar refractivity (Wildman–Crippen MR) is 98.1 cm³/mol. The topological polar surface area (TPSA) is 41.6 Å². The van der Waals surface area contributed by atoms with Crippen molar-refractivity contribution in [2.24, 2.45) is 0 Å². The zero-order chi connectivity index (χ0) is 17.0. The first-order valence-electron chi connectivity index (χ1n) is 9.37. The van der Waals surface area contributed by atoms with Gasteiger partial charge in [-0.15, -0.1) is 0 Å². The lowest BCUT2D eigenvalue weighted by molar-refractivity contribution is -0.122. The lowest BCUT2D eigenvalue weighted by Gasteiger charge is -2.29. The molecule has 1 aliphatic heterocycles. The average Bonchev–Trinajstić information content (AvgIpc) is 2.59. The van der Waals surface area contributed by atoms with Crippen molar-refractivity contribution in [2.75, 3.05) is 32.8 Å². The van der Waals surface area contributed by atoms with E-state index in [1.807, 2.05) is 18.2 Å². The standard InChI is InChI=1S/C20H32N2O2/c1-18(17-22-13-6-3-7-14-22)21-20(23)11-8-15-24-16-12-19-9-4-2-5-10-19/h2,4-5,9-10,18H,3,6-8,11-17H2,1H3,(H,21,23). The largest absolute Gasteiger partial charge is 0.381 e. The molecule has 1 atom stereocenters. The van der Waals surface area contributed by atoms with E-state index < -0.39 is 0 Å². The van der Waals surface area contributed by atoms with Gasteiger partial charge < -0.3 is 15.0 Å². The Morgan fingerprint density at radius 2 is 1.92 bits per heavy atom. The second kappa shape index (κ2) is 11.2. The summed E-state index contributed by atoms with van der Waals surface area (Å²) in [5.41, 5.74) is 1.29. The Kier molecular flexibility index (Phi) is 8.85. The maximum atomic E-state index is 12.0. The van der Waals surface area contributed by atoms with Crippen molar-refractivity contribution in [3.63, 3.8) is 0 Å². The summed E-state index contributed by atoms with van der Waals surface area (Å²) in [5, 5.41) is 3.11. The molecule has 0 radical (unpaired) electrons. The third-order valence-electron chi connectivity index (χ3n) is 4.46. The minimum absolute atomic E-state index is 0.145. The third-order valence-corrected chi connectivity index (χ3v) is 4.46. The number of amides is 1. The van der Waals surface area contributed by atoms with Crippen molar-refractivity contribution in [1.82, 2.24) is 10.2 Å². The molecule has 4 heteroatoms. The number of ether oxygens (including phenoxy) is 1. The molecule has 1 aromatic carbocycles. The molecule has 1 aromatic rings. The molecule has 0 spiro atoms. The van der Waals surface area contributed by atoms with Gasteiger partial charge in [0.05, 0.1) is 6.61 Å². The van der Waals surface area contributed by atoms with E-state index >= 15 is 0 Å².